The van der Waals surface area contributed by atoms with Crippen molar-refractivity contribution in [3.05, 3.63) is 64.4 Å². The maximum absolute atomic E-state index is 13.0. The highest BCUT2D eigenvalue weighted by molar-refractivity contribution is 6.30. The molecule has 0 heterocycles. The molecule has 0 N–H and O–H groups in total. The van der Waals surface area contributed by atoms with E-state index in [1.54, 1.807) is 19.1 Å². The molecule has 2 nitrogen and oxygen atoms in total. The minimum Gasteiger partial charge on any atom is -0.483 e. The molecule has 104 valence electrons. The van der Waals surface area contributed by atoms with E-state index in [9.17, 15) is 9.18 Å². The third-order valence-corrected chi connectivity index (χ3v) is 3.20. The Morgan fingerprint density at radius 1 is 1.20 bits per heavy atom. The van der Waals surface area contributed by atoms with Gasteiger partial charge in [0.05, 0.1) is 5.02 Å². The van der Waals surface area contributed by atoms with Crippen molar-refractivity contribution >= 4 is 17.4 Å². The lowest BCUT2D eigenvalue weighted by molar-refractivity contribution is 0.0818. The van der Waals surface area contributed by atoms with Gasteiger partial charge in [-0.15, -0.1) is 0 Å². The number of ketones is 1. The molecule has 2 aromatic carbocycles. The van der Waals surface area contributed by atoms with Gasteiger partial charge >= 0.3 is 0 Å². The maximum Gasteiger partial charge on any atom is 0.202 e. The van der Waals surface area contributed by atoms with E-state index in [0.29, 0.717) is 11.3 Å². The average molecular weight is 293 g/mol. The van der Waals surface area contributed by atoms with Crippen LogP contribution in [0, 0.1) is 12.7 Å². The van der Waals surface area contributed by atoms with Crippen LogP contribution in [-0.2, 0) is 0 Å². The number of Topliss-reactive ketones (excluding diaryl/α,β-unsaturated/α-hetero) is 1. The van der Waals surface area contributed by atoms with Crippen molar-refractivity contribution in [3.8, 4) is 5.75 Å². The lowest BCUT2D eigenvalue weighted by Gasteiger charge is -2.14. The molecule has 4 heteroatoms. The second-order valence-electron chi connectivity index (χ2n) is 4.57. The molecule has 0 bridgehead atoms. The van der Waals surface area contributed by atoms with Crippen LogP contribution in [-0.4, -0.2) is 11.9 Å². The third-order valence-electron chi connectivity index (χ3n) is 2.91. The van der Waals surface area contributed by atoms with Crippen LogP contribution >= 0.6 is 11.6 Å². The number of ether oxygens (including phenoxy) is 1. The second kappa shape index (κ2) is 6.06. The van der Waals surface area contributed by atoms with E-state index in [1.807, 2.05) is 19.1 Å². The molecule has 0 aromatic heterocycles. The summed E-state index contributed by atoms with van der Waals surface area (Å²) in [5.41, 5.74) is 1.66. The Kier molecular flexibility index (Phi) is 4.40. The average Bonchev–Trinajstić information content (AvgIpc) is 2.43. The molecule has 0 aliphatic rings. The molecule has 2 rings (SSSR count). The molecule has 0 fully saturated rings. The predicted octanol–water partition coefficient (Wildman–Crippen LogP) is 4.44. The summed E-state index contributed by atoms with van der Waals surface area (Å²) in [4.78, 5) is 12.2. The summed E-state index contributed by atoms with van der Waals surface area (Å²) in [6.45, 7) is 3.61. The highest BCUT2D eigenvalue weighted by atomic mass is 35.5. The monoisotopic (exact) mass is 292 g/mol. The van der Waals surface area contributed by atoms with Crippen molar-refractivity contribution in [2.45, 2.75) is 20.0 Å². The number of halogens is 2. The molecular formula is C16H14ClFO2. The largest absolute Gasteiger partial charge is 0.483 e. The topological polar surface area (TPSA) is 26.3 Å². The first-order chi connectivity index (χ1) is 9.47. The summed E-state index contributed by atoms with van der Waals surface area (Å²) in [6, 6.07) is 11.3. The standard InChI is InChI=1S/C16H14ClFO2/c1-10-3-5-12(6-4-10)16(19)11(2)20-13-7-8-15(18)14(17)9-13/h3-9,11H,1-2H3. The maximum atomic E-state index is 13.0. The lowest BCUT2D eigenvalue weighted by Crippen LogP contribution is -2.23. The molecule has 0 aliphatic carbocycles. The van der Waals surface area contributed by atoms with Crippen molar-refractivity contribution in [3.63, 3.8) is 0 Å². The molecule has 0 saturated heterocycles. The summed E-state index contributed by atoms with van der Waals surface area (Å²) >= 11 is 5.67. The van der Waals surface area contributed by atoms with Crippen LogP contribution in [0.5, 0.6) is 5.75 Å². The molecule has 0 radical (unpaired) electrons. The van der Waals surface area contributed by atoms with Gasteiger partial charge in [-0.1, -0.05) is 41.4 Å². The number of benzene rings is 2. The van der Waals surface area contributed by atoms with Crippen LogP contribution < -0.4 is 4.74 Å². The smallest absolute Gasteiger partial charge is 0.202 e. The van der Waals surface area contributed by atoms with Gasteiger partial charge in [0.15, 0.2) is 6.10 Å². The summed E-state index contributed by atoms with van der Waals surface area (Å²) in [7, 11) is 0. The van der Waals surface area contributed by atoms with Crippen LogP contribution in [0.15, 0.2) is 42.5 Å². The number of carbonyl (C=O) groups is 1. The fraction of sp³-hybridized carbons (Fsp3) is 0.188. The van der Waals surface area contributed by atoms with Gasteiger partial charge in [0.25, 0.3) is 0 Å². The first-order valence-electron chi connectivity index (χ1n) is 6.20. The predicted molar refractivity (Wildman–Crippen MR) is 77.0 cm³/mol. The molecule has 1 unspecified atom stereocenters. The first-order valence-corrected chi connectivity index (χ1v) is 6.58. The number of rotatable bonds is 4. The van der Waals surface area contributed by atoms with Gasteiger partial charge in [0, 0.05) is 11.6 Å². The van der Waals surface area contributed by atoms with E-state index in [2.05, 4.69) is 0 Å². The van der Waals surface area contributed by atoms with Gasteiger partial charge in [-0.05, 0) is 26.0 Å². The Morgan fingerprint density at radius 3 is 2.45 bits per heavy atom. The molecule has 2 aromatic rings. The van der Waals surface area contributed by atoms with Crippen molar-refractivity contribution in [2.24, 2.45) is 0 Å². The zero-order valence-electron chi connectivity index (χ0n) is 11.2. The molecule has 1 atom stereocenters. The Hall–Kier alpha value is -1.87. The second-order valence-corrected chi connectivity index (χ2v) is 4.97. The minimum atomic E-state index is -0.667. The Bertz CT molecular complexity index is 623. The van der Waals surface area contributed by atoms with Crippen LogP contribution in [0.2, 0.25) is 5.02 Å². The number of hydrogen-bond acceptors (Lipinski definition) is 2. The van der Waals surface area contributed by atoms with Gasteiger partial charge in [0.1, 0.15) is 11.6 Å². The Balaban J connectivity index is 2.11. The zero-order valence-corrected chi connectivity index (χ0v) is 11.9. The fourth-order valence-electron chi connectivity index (χ4n) is 1.76. The van der Waals surface area contributed by atoms with Gasteiger partial charge in [-0.2, -0.15) is 0 Å². The van der Waals surface area contributed by atoms with Gasteiger partial charge < -0.3 is 4.74 Å². The Labute approximate surface area is 122 Å². The van der Waals surface area contributed by atoms with Gasteiger partial charge in [0.2, 0.25) is 5.78 Å². The van der Waals surface area contributed by atoms with Crippen LogP contribution in [0.1, 0.15) is 22.8 Å². The lowest BCUT2D eigenvalue weighted by atomic mass is 10.1. The van der Waals surface area contributed by atoms with E-state index in [-0.39, 0.29) is 10.8 Å². The van der Waals surface area contributed by atoms with E-state index in [0.717, 1.165) is 5.56 Å². The third kappa shape index (κ3) is 3.36. The van der Waals surface area contributed by atoms with Crippen molar-refractivity contribution < 1.29 is 13.9 Å². The quantitative estimate of drug-likeness (QED) is 0.779. The molecule has 0 aliphatic heterocycles. The van der Waals surface area contributed by atoms with Crippen molar-refractivity contribution in [1.82, 2.24) is 0 Å². The zero-order chi connectivity index (χ0) is 14.7. The normalized spacial score (nSPS) is 12.0. The highest BCUT2D eigenvalue weighted by Crippen LogP contribution is 2.22. The SMILES string of the molecule is Cc1ccc(C(=O)C(C)Oc2ccc(F)c(Cl)c2)cc1. The van der Waals surface area contributed by atoms with Crippen molar-refractivity contribution in [1.29, 1.82) is 0 Å². The van der Waals surface area contributed by atoms with Crippen molar-refractivity contribution in [2.75, 3.05) is 0 Å². The van der Waals surface area contributed by atoms with E-state index in [1.165, 1.54) is 18.2 Å². The minimum absolute atomic E-state index is 0.0301. The van der Waals surface area contributed by atoms with E-state index >= 15 is 0 Å². The van der Waals surface area contributed by atoms with Gasteiger partial charge in [-0.25, -0.2) is 4.39 Å². The van der Waals surface area contributed by atoms with Crippen LogP contribution in [0.3, 0.4) is 0 Å². The molecule has 0 saturated carbocycles. The molecule has 20 heavy (non-hydrogen) atoms. The molecular weight excluding hydrogens is 279 g/mol. The summed E-state index contributed by atoms with van der Waals surface area (Å²) < 4.78 is 18.5. The molecule has 0 amide bonds. The van der Waals surface area contributed by atoms with Gasteiger partial charge in [-0.3, -0.25) is 4.79 Å². The summed E-state index contributed by atoms with van der Waals surface area (Å²) in [5.74, 6) is -0.286. The van der Waals surface area contributed by atoms with Crippen LogP contribution in [0.25, 0.3) is 0 Å². The molecule has 0 spiro atoms. The number of aryl methyl sites for hydroxylation is 1. The van der Waals surface area contributed by atoms with E-state index in [4.69, 9.17) is 16.3 Å². The summed E-state index contributed by atoms with van der Waals surface area (Å²) in [5, 5.41) is -0.0301. The Morgan fingerprint density at radius 2 is 1.85 bits per heavy atom. The van der Waals surface area contributed by atoms with Crippen LogP contribution in [0.4, 0.5) is 4.39 Å². The summed E-state index contributed by atoms with van der Waals surface area (Å²) in [6.07, 6.45) is -0.667. The number of hydrogen-bond donors (Lipinski definition) is 0. The highest BCUT2D eigenvalue weighted by Gasteiger charge is 2.17. The van der Waals surface area contributed by atoms with E-state index < -0.39 is 11.9 Å². The fourth-order valence-corrected chi connectivity index (χ4v) is 1.93. The first kappa shape index (κ1) is 14.5. The number of carbonyl (C=O) groups excluding carboxylic acids is 1.